The van der Waals surface area contributed by atoms with Crippen molar-refractivity contribution in [1.29, 1.82) is 0 Å². The van der Waals surface area contributed by atoms with Crippen LogP contribution in [-0.4, -0.2) is 18.1 Å². The molecular formula is C21H26N2O. The Hall–Kier alpha value is -2.29. The fraction of sp³-hybridized carbons (Fsp3) is 0.381. The smallest absolute Gasteiger partial charge is 0.322 e. The molecule has 1 atom stereocenters. The molecule has 3 rings (SSSR count). The van der Waals surface area contributed by atoms with E-state index < -0.39 is 0 Å². The zero-order valence-electron chi connectivity index (χ0n) is 15.0. The van der Waals surface area contributed by atoms with Crippen molar-refractivity contribution in [2.45, 2.75) is 45.1 Å². The molecule has 0 spiro atoms. The van der Waals surface area contributed by atoms with E-state index in [4.69, 9.17) is 0 Å². The molecule has 1 N–H and O–H groups in total. The maximum absolute atomic E-state index is 12.7. The first-order chi connectivity index (χ1) is 11.4. The summed E-state index contributed by atoms with van der Waals surface area (Å²) < 4.78 is 0. The first-order valence-electron chi connectivity index (χ1n) is 8.63. The second kappa shape index (κ2) is 5.97. The molecule has 1 aliphatic heterocycles. The number of amides is 2. The largest absolute Gasteiger partial charge is 0.338 e. The normalized spacial score (nSPS) is 21.9. The molecular weight excluding hydrogens is 296 g/mol. The highest BCUT2D eigenvalue weighted by Gasteiger charge is 2.47. The molecule has 0 aliphatic carbocycles. The number of carbonyl (C=O) groups excluding carboxylic acids is 1. The minimum absolute atomic E-state index is 0.0231. The zero-order valence-corrected chi connectivity index (χ0v) is 15.0. The van der Waals surface area contributed by atoms with Gasteiger partial charge in [0, 0.05) is 17.5 Å². The van der Waals surface area contributed by atoms with Gasteiger partial charge in [0.05, 0.1) is 5.69 Å². The Bertz CT molecular complexity index is 739. The zero-order chi connectivity index (χ0) is 17.4. The SMILES string of the molecule is CCNC(=O)N1c2ccccc2[C@@](C)(c2ccccc2)CC1(C)C. The summed E-state index contributed by atoms with van der Waals surface area (Å²) in [5, 5.41) is 2.97. The highest BCUT2D eigenvalue weighted by atomic mass is 16.2. The second-order valence-electron chi connectivity index (χ2n) is 7.38. The molecule has 3 heteroatoms. The molecule has 0 saturated heterocycles. The lowest BCUT2D eigenvalue weighted by molar-refractivity contribution is 0.233. The molecule has 2 amide bonds. The fourth-order valence-electron chi connectivity index (χ4n) is 4.18. The first kappa shape index (κ1) is 16.6. The summed E-state index contributed by atoms with van der Waals surface area (Å²) in [4.78, 5) is 14.7. The second-order valence-corrected chi connectivity index (χ2v) is 7.38. The van der Waals surface area contributed by atoms with Gasteiger partial charge in [-0.3, -0.25) is 4.90 Å². The summed E-state index contributed by atoms with van der Waals surface area (Å²) in [5.41, 5.74) is 3.11. The van der Waals surface area contributed by atoms with E-state index in [0.29, 0.717) is 6.54 Å². The molecule has 0 fully saturated rings. The summed E-state index contributed by atoms with van der Waals surface area (Å²) in [6.45, 7) is 9.18. The molecule has 1 aliphatic rings. The number of urea groups is 1. The standard InChI is InChI=1S/C21H26N2O/c1-5-22-19(24)23-18-14-10-9-13-17(18)21(4,15-20(23,2)3)16-11-7-6-8-12-16/h6-14H,5,15H2,1-4H3,(H,22,24)/t21-/m1/s1. The van der Waals surface area contributed by atoms with Crippen LogP contribution in [0.15, 0.2) is 54.6 Å². The molecule has 0 bridgehead atoms. The third-order valence-electron chi connectivity index (χ3n) is 5.07. The van der Waals surface area contributed by atoms with Crippen LogP contribution in [-0.2, 0) is 5.41 Å². The molecule has 126 valence electrons. The van der Waals surface area contributed by atoms with Crippen LogP contribution in [0.4, 0.5) is 10.5 Å². The Kier molecular flexibility index (Phi) is 4.12. The lowest BCUT2D eigenvalue weighted by Crippen LogP contribution is -2.58. The molecule has 24 heavy (non-hydrogen) atoms. The molecule has 2 aromatic carbocycles. The van der Waals surface area contributed by atoms with Crippen LogP contribution in [0, 0.1) is 0 Å². The number of rotatable bonds is 2. The van der Waals surface area contributed by atoms with Crippen LogP contribution < -0.4 is 10.2 Å². The van der Waals surface area contributed by atoms with E-state index in [0.717, 1.165) is 12.1 Å². The quantitative estimate of drug-likeness (QED) is 0.853. The van der Waals surface area contributed by atoms with E-state index in [2.05, 4.69) is 68.6 Å². The monoisotopic (exact) mass is 322 g/mol. The van der Waals surface area contributed by atoms with E-state index >= 15 is 0 Å². The van der Waals surface area contributed by atoms with Crippen LogP contribution in [0.5, 0.6) is 0 Å². The predicted molar refractivity (Wildman–Crippen MR) is 99.6 cm³/mol. The number of carbonyl (C=O) groups is 1. The maximum atomic E-state index is 12.7. The number of hydrogen-bond acceptors (Lipinski definition) is 1. The van der Waals surface area contributed by atoms with E-state index in [1.54, 1.807) is 0 Å². The van der Waals surface area contributed by atoms with Gasteiger partial charge in [0.2, 0.25) is 0 Å². The number of nitrogens with one attached hydrogen (secondary N) is 1. The van der Waals surface area contributed by atoms with Gasteiger partial charge in [-0.15, -0.1) is 0 Å². The van der Waals surface area contributed by atoms with Crippen LogP contribution in [0.2, 0.25) is 0 Å². The van der Waals surface area contributed by atoms with E-state index in [1.165, 1.54) is 11.1 Å². The fourth-order valence-corrected chi connectivity index (χ4v) is 4.18. The van der Waals surface area contributed by atoms with E-state index in [9.17, 15) is 4.79 Å². The highest BCUT2D eigenvalue weighted by molar-refractivity contribution is 5.95. The van der Waals surface area contributed by atoms with Crippen LogP contribution in [0.3, 0.4) is 0 Å². The Labute approximate surface area is 144 Å². The van der Waals surface area contributed by atoms with Crippen molar-refractivity contribution in [3.63, 3.8) is 0 Å². The minimum atomic E-state index is -0.280. The molecule has 2 aromatic rings. The summed E-state index contributed by atoms with van der Waals surface area (Å²) in [6.07, 6.45) is 0.873. The van der Waals surface area contributed by atoms with Crippen molar-refractivity contribution in [3.8, 4) is 0 Å². The summed E-state index contributed by atoms with van der Waals surface area (Å²) >= 11 is 0. The van der Waals surface area contributed by atoms with Gasteiger partial charge in [-0.25, -0.2) is 4.79 Å². The van der Waals surface area contributed by atoms with Crippen molar-refractivity contribution >= 4 is 11.7 Å². The van der Waals surface area contributed by atoms with Gasteiger partial charge in [0.25, 0.3) is 0 Å². The van der Waals surface area contributed by atoms with Crippen molar-refractivity contribution < 1.29 is 4.79 Å². The van der Waals surface area contributed by atoms with Crippen molar-refractivity contribution in [3.05, 3.63) is 65.7 Å². The average Bonchev–Trinajstić information content (AvgIpc) is 2.55. The Morgan fingerprint density at radius 2 is 1.67 bits per heavy atom. The van der Waals surface area contributed by atoms with Gasteiger partial charge < -0.3 is 5.32 Å². The van der Waals surface area contributed by atoms with Crippen molar-refractivity contribution in [2.24, 2.45) is 0 Å². The Balaban J connectivity index is 2.19. The number of fused-ring (bicyclic) bond motifs is 1. The van der Waals surface area contributed by atoms with Gasteiger partial charge in [0.1, 0.15) is 0 Å². The van der Waals surface area contributed by atoms with Gasteiger partial charge in [-0.05, 0) is 44.4 Å². The van der Waals surface area contributed by atoms with Gasteiger partial charge >= 0.3 is 6.03 Å². The summed E-state index contributed by atoms with van der Waals surface area (Å²) in [5.74, 6) is 0. The van der Waals surface area contributed by atoms with E-state index in [1.807, 2.05) is 24.0 Å². The van der Waals surface area contributed by atoms with E-state index in [-0.39, 0.29) is 17.0 Å². The Morgan fingerprint density at radius 1 is 1.04 bits per heavy atom. The molecule has 0 aromatic heterocycles. The molecule has 1 heterocycles. The number of hydrogen-bond donors (Lipinski definition) is 1. The topological polar surface area (TPSA) is 32.3 Å². The summed E-state index contributed by atoms with van der Waals surface area (Å²) in [6, 6.07) is 18.9. The van der Waals surface area contributed by atoms with Crippen molar-refractivity contribution in [2.75, 3.05) is 11.4 Å². The third kappa shape index (κ3) is 2.58. The number of benzene rings is 2. The average molecular weight is 322 g/mol. The van der Waals surface area contributed by atoms with Crippen LogP contribution in [0.25, 0.3) is 0 Å². The first-order valence-corrected chi connectivity index (χ1v) is 8.63. The number of para-hydroxylation sites is 1. The van der Waals surface area contributed by atoms with Gasteiger partial charge in [0.15, 0.2) is 0 Å². The lowest BCUT2D eigenvalue weighted by Gasteiger charge is -2.51. The van der Waals surface area contributed by atoms with Gasteiger partial charge in [-0.1, -0.05) is 55.5 Å². The maximum Gasteiger partial charge on any atom is 0.322 e. The van der Waals surface area contributed by atoms with Crippen LogP contribution >= 0.6 is 0 Å². The highest BCUT2D eigenvalue weighted by Crippen LogP contribution is 2.50. The minimum Gasteiger partial charge on any atom is -0.338 e. The molecule has 3 nitrogen and oxygen atoms in total. The molecule has 0 saturated carbocycles. The number of nitrogens with zero attached hydrogens (tertiary/aromatic N) is 1. The summed E-state index contributed by atoms with van der Waals surface area (Å²) in [7, 11) is 0. The van der Waals surface area contributed by atoms with Crippen molar-refractivity contribution in [1.82, 2.24) is 5.32 Å². The Morgan fingerprint density at radius 3 is 2.33 bits per heavy atom. The predicted octanol–water partition coefficient (Wildman–Crippen LogP) is 4.71. The number of anilines is 1. The third-order valence-corrected chi connectivity index (χ3v) is 5.07. The molecule has 0 unspecified atom stereocenters. The van der Waals surface area contributed by atoms with Crippen LogP contribution in [0.1, 0.15) is 45.2 Å². The van der Waals surface area contributed by atoms with Gasteiger partial charge in [-0.2, -0.15) is 0 Å². The molecule has 0 radical (unpaired) electrons. The lowest BCUT2D eigenvalue weighted by atomic mass is 9.65.